The molecule has 1 heterocycles. The van der Waals surface area contributed by atoms with E-state index in [0.29, 0.717) is 17.3 Å². The number of fused-ring (bicyclic) bond motifs is 1. The number of carboxylic acids is 1. The first kappa shape index (κ1) is 16.4. The summed E-state index contributed by atoms with van der Waals surface area (Å²) in [4.78, 5) is 25.1. The van der Waals surface area contributed by atoms with Crippen molar-refractivity contribution in [2.45, 2.75) is 13.8 Å². The summed E-state index contributed by atoms with van der Waals surface area (Å²) in [7, 11) is 1.76. The number of hydrogen-bond donors (Lipinski definition) is 1. The van der Waals surface area contributed by atoms with Crippen molar-refractivity contribution in [3.05, 3.63) is 35.0 Å². The molecule has 0 radical (unpaired) electrons. The standard InChI is InChI=1S/C16H19ClN2O3/c1-10(2)8-19(9-13(20)21)16(22)15-14(17)11-6-4-5-7-12(11)18(15)3/h4-7,10H,8-9H2,1-3H3,(H,20,21). The molecule has 118 valence electrons. The fourth-order valence-corrected chi connectivity index (χ4v) is 2.92. The van der Waals surface area contributed by atoms with Gasteiger partial charge in [-0.1, -0.05) is 43.6 Å². The van der Waals surface area contributed by atoms with Gasteiger partial charge in [-0.25, -0.2) is 0 Å². The molecule has 0 aliphatic rings. The SMILES string of the molecule is CC(C)CN(CC(=O)O)C(=O)c1c(Cl)c2ccccc2n1C. The molecule has 0 saturated heterocycles. The monoisotopic (exact) mass is 322 g/mol. The second kappa shape index (κ2) is 6.40. The van der Waals surface area contributed by atoms with E-state index >= 15 is 0 Å². The number of para-hydroxylation sites is 1. The second-order valence-corrected chi connectivity index (χ2v) is 6.09. The van der Waals surface area contributed by atoms with Crippen molar-refractivity contribution < 1.29 is 14.7 Å². The van der Waals surface area contributed by atoms with Gasteiger partial charge in [-0.3, -0.25) is 9.59 Å². The van der Waals surface area contributed by atoms with E-state index in [-0.39, 0.29) is 18.4 Å². The smallest absolute Gasteiger partial charge is 0.323 e. The van der Waals surface area contributed by atoms with Gasteiger partial charge < -0.3 is 14.6 Å². The van der Waals surface area contributed by atoms with Crippen molar-refractivity contribution in [3.63, 3.8) is 0 Å². The van der Waals surface area contributed by atoms with Gasteiger partial charge in [0.1, 0.15) is 12.2 Å². The molecule has 0 bridgehead atoms. The summed E-state index contributed by atoms with van der Waals surface area (Å²) < 4.78 is 1.72. The Bertz CT molecular complexity index is 682. The quantitative estimate of drug-likeness (QED) is 0.920. The van der Waals surface area contributed by atoms with Gasteiger partial charge in [-0.15, -0.1) is 0 Å². The summed E-state index contributed by atoms with van der Waals surface area (Å²) in [5, 5.41) is 10.2. The molecule has 2 aromatic rings. The minimum atomic E-state index is -1.04. The van der Waals surface area contributed by atoms with Crippen LogP contribution in [0, 0.1) is 5.92 Å². The number of aryl methyl sites for hydroxylation is 1. The molecular weight excluding hydrogens is 304 g/mol. The number of amides is 1. The van der Waals surface area contributed by atoms with E-state index in [1.54, 1.807) is 11.6 Å². The van der Waals surface area contributed by atoms with Crippen molar-refractivity contribution in [2.24, 2.45) is 13.0 Å². The maximum atomic E-state index is 12.8. The zero-order chi connectivity index (χ0) is 16.4. The van der Waals surface area contributed by atoms with E-state index in [9.17, 15) is 9.59 Å². The number of carbonyl (C=O) groups excluding carboxylic acids is 1. The molecule has 0 atom stereocenters. The molecule has 2 rings (SSSR count). The van der Waals surface area contributed by atoms with Crippen molar-refractivity contribution in [3.8, 4) is 0 Å². The van der Waals surface area contributed by atoms with Crippen molar-refractivity contribution in [1.82, 2.24) is 9.47 Å². The number of carbonyl (C=O) groups is 2. The van der Waals surface area contributed by atoms with Crippen LogP contribution in [0.25, 0.3) is 10.9 Å². The third-order valence-electron chi connectivity index (χ3n) is 3.45. The van der Waals surface area contributed by atoms with Gasteiger partial charge in [0, 0.05) is 24.5 Å². The first-order chi connectivity index (χ1) is 10.3. The van der Waals surface area contributed by atoms with Crippen LogP contribution in [0.15, 0.2) is 24.3 Å². The predicted molar refractivity (Wildman–Crippen MR) is 86.3 cm³/mol. The van der Waals surface area contributed by atoms with Crippen LogP contribution in [0.3, 0.4) is 0 Å². The minimum Gasteiger partial charge on any atom is -0.480 e. The minimum absolute atomic E-state index is 0.164. The molecule has 5 nitrogen and oxygen atoms in total. The Morgan fingerprint density at radius 1 is 1.32 bits per heavy atom. The maximum absolute atomic E-state index is 12.8. The molecule has 0 aliphatic carbocycles. The number of rotatable bonds is 5. The Hall–Kier alpha value is -2.01. The Balaban J connectivity index is 2.48. The largest absolute Gasteiger partial charge is 0.480 e. The highest BCUT2D eigenvalue weighted by Gasteiger charge is 2.26. The zero-order valence-electron chi connectivity index (χ0n) is 12.8. The second-order valence-electron chi connectivity index (χ2n) is 5.71. The van der Waals surface area contributed by atoms with Gasteiger partial charge in [0.25, 0.3) is 5.91 Å². The third-order valence-corrected chi connectivity index (χ3v) is 3.83. The lowest BCUT2D eigenvalue weighted by molar-refractivity contribution is -0.137. The van der Waals surface area contributed by atoms with Gasteiger partial charge in [-0.2, -0.15) is 0 Å². The normalized spacial score (nSPS) is 11.1. The van der Waals surface area contributed by atoms with Crippen molar-refractivity contribution in [1.29, 1.82) is 0 Å². The molecule has 22 heavy (non-hydrogen) atoms. The molecule has 0 fully saturated rings. The average molecular weight is 323 g/mol. The van der Waals surface area contributed by atoms with Gasteiger partial charge in [0.2, 0.25) is 0 Å². The van der Waals surface area contributed by atoms with Crippen LogP contribution >= 0.6 is 11.6 Å². The Kier molecular flexibility index (Phi) is 4.76. The van der Waals surface area contributed by atoms with Crippen LogP contribution in [0.4, 0.5) is 0 Å². The Morgan fingerprint density at radius 3 is 2.50 bits per heavy atom. The van der Waals surface area contributed by atoms with Gasteiger partial charge in [0.05, 0.1) is 5.02 Å². The average Bonchev–Trinajstić information content (AvgIpc) is 2.69. The van der Waals surface area contributed by atoms with Gasteiger partial charge in [0.15, 0.2) is 0 Å². The number of nitrogens with zero attached hydrogens (tertiary/aromatic N) is 2. The summed E-state index contributed by atoms with van der Waals surface area (Å²) in [5.41, 5.74) is 1.17. The van der Waals surface area contributed by atoms with Gasteiger partial charge in [-0.05, 0) is 12.0 Å². The molecule has 0 saturated carbocycles. The number of benzene rings is 1. The molecule has 0 unspecified atom stereocenters. The van der Waals surface area contributed by atoms with E-state index in [2.05, 4.69) is 0 Å². The summed E-state index contributed by atoms with van der Waals surface area (Å²) in [5.74, 6) is -1.24. The maximum Gasteiger partial charge on any atom is 0.323 e. The highest BCUT2D eigenvalue weighted by molar-refractivity contribution is 6.38. The first-order valence-electron chi connectivity index (χ1n) is 7.07. The van der Waals surface area contributed by atoms with E-state index in [4.69, 9.17) is 16.7 Å². The van der Waals surface area contributed by atoms with Crippen LogP contribution in [-0.2, 0) is 11.8 Å². The van der Waals surface area contributed by atoms with Crippen LogP contribution in [0.5, 0.6) is 0 Å². The van der Waals surface area contributed by atoms with Crippen molar-refractivity contribution in [2.75, 3.05) is 13.1 Å². The van der Waals surface area contributed by atoms with E-state index in [0.717, 1.165) is 10.9 Å². The number of hydrogen-bond acceptors (Lipinski definition) is 2. The highest BCUT2D eigenvalue weighted by atomic mass is 35.5. The summed E-state index contributed by atoms with van der Waals surface area (Å²) in [6.45, 7) is 3.90. The fourth-order valence-electron chi connectivity index (χ4n) is 2.56. The zero-order valence-corrected chi connectivity index (χ0v) is 13.6. The molecular formula is C16H19ClN2O3. The van der Waals surface area contributed by atoms with E-state index in [1.807, 2.05) is 38.1 Å². The molecule has 1 N–H and O–H groups in total. The van der Waals surface area contributed by atoms with Crippen LogP contribution in [0.2, 0.25) is 5.02 Å². The third kappa shape index (κ3) is 3.09. The number of carboxylic acid groups (broad SMARTS) is 1. The summed E-state index contributed by atoms with van der Waals surface area (Å²) in [6.07, 6.45) is 0. The number of aromatic nitrogens is 1. The lowest BCUT2D eigenvalue weighted by atomic mass is 10.2. The fraction of sp³-hybridized carbons (Fsp3) is 0.375. The van der Waals surface area contributed by atoms with Crippen LogP contribution < -0.4 is 0 Å². The summed E-state index contributed by atoms with van der Waals surface area (Å²) in [6, 6.07) is 7.45. The first-order valence-corrected chi connectivity index (χ1v) is 7.44. The number of halogens is 1. The molecule has 1 aromatic carbocycles. The van der Waals surface area contributed by atoms with Crippen LogP contribution in [0.1, 0.15) is 24.3 Å². The Morgan fingerprint density at radius 2 is 1.95 bits per heavy atom. The molecule has 1 amide bonds. The predicted octanol–water partition coefficient (Wildman–Crippen LogP) is 3.01. The van der Waals surface area contributed by atoms with Gasteiger partial charge >= 0.3 is 5.97 Å². The molecule has 6 heteroatoms. The molecule has 0 aliphatic heterocycles. The highest BCUT2D eigenvalue weighted by Crippen LogP contribution is 2.30. The topological polar surface area (TPSA) is 62.5 Å². The Labute approximate surface area is 134 Å². The lowest BCUT2D eigenvalue weighted by Gasteiger charge is -2.23. The molecule has 0 spiro atoms. The van der Waals surface area contributed by atoms with Crippen LogP contribution in [-0.4, -0.2) is 39.5 Å². The van der Waals surface area contributed by atoms with E-state index < -0.39 is 5.97 Å². The van der Waals surface area contributed by atoms with E-state index in [1.165, 1.54) is 4.90 Å². The summed E-state index contributed by atoms with van der Waals surface area (Å²) >= 11 is 6.36. The lowest BCUT2D eigenvalue weighted by Crippen LogP contribution is -2.39. The molecule has 1 aromatic heterocycles. The number of aliphatic carboxylic acids is 1. The van der Waals surface area contributed by atoms with Crippen molar-refractivity contribution >= 4 is 34.4 Å².